The molecule has 17 heavy (non-hydrogen) atoms. The summed E-state index contributed by atoms with van der Waals surface area (Å²) >= 11 is 1.45. The van der Waals surface area contributed by atoms with Crippen molar-refractivity contribution >= 4 is 28.6 Å². The summed E-state index contributed by atoms with van der Waals surface area (Å²) in [5, 5.41) is 0. The molecule has 0 aromatic carbocycles. The lowest BCUT2D eigenvalue weighted by molar-refractivity contribution is -0.275. The highest BCUT2D eigenvalue weighted by molar-refractivity contribution is 14.1. The predicted octanol–water partition coefficient (Wildman–Crippen LogP) is 1.66. The van der Waals surface area contributed by atoms with Gasteiger partial charge >= 0.3 is 12.3 Å². The van der Waals surface area contributed by atoms with Gasteiger partial charge in [0.1, 0.15) is 9.26 Å². The van der Waals surface area contributed by atoms with E-state index in [-0.39, 0.29) is 3.70 Å². The molecule has 0 unspecified atom stereocenters. The summed E-state index contributed by atoms with van der Waals surface area (Å²) < 4.78 is 43.7. The van der Waals surface area contributed by atoms with E-state index in [2.05, 4.69) is 14.5 Å². The molecule has 1 aromatic rings. The third-order valence-electron chi connectivity index (χ3n) is 1.59. The van der Waals surface area contributed by atoms with Gasteiger partial charge in [-0.05, 0) is 22.6 Å². The van der Waals surface area contributed by atoms with Crippen LogP contribution in [0.2, 0.25) is 0 Å². The largest absolute Gasteiger partial charge is 0.573 e. The molecule has 1 aromatic heterocycles. The Morgan fingerprint density at radius 3 is 2.53 bits per heavy atom. The van der Waals surface area contributed by atoms with Gasteiger partial charge in [0.05, 0.1) is 7.11 Å². The number of rotatable bonds is 2. The van der Waals surface area contributed by atoms with E-state index in [1.165, 1.54) is 22.6 Å². The van der Waals surface area contributed by atoms with Crippen LogP contribution in [0.4, 0.5) is 13.2 Å². The number of ether oxygens (including phenoxy) is 2. The Labute approximate surface area is 106 Å². The van der Waals surface area contributed by atoms with Crippen LogP contribution in [-0.4, -0.2) is 24.4 Å². The summed E-state index contributed by atoms with van der Waals surface area (Å²) in [6.07, 6.45) is -4.91. The lowest BCUT2D eigenvalue weighted by Crippen LogP contribution is -2.23. The number of aromatic nitrogens is 1. The number of alkyl halides is 3. The maximum absolute atomic E-state index is 12.0. The zero-order valence-electron chi connectivity index (χ0n) is 8.22. The predicted molar refractivity (Wildman–Crippen MR) is 57.8 cm³/mol. The molecule has 94 valence electrons. The van der Waals surface area contributed by atoms with Crippen molar-refractivity contribution in [3.05, 3.63) is 25.7 Å². The average molecular weight is 363 g/mol. The van der Waals surface area contributed by atoms with Gasteiger partial charge in [0, 0.05) is 6.07 Å². The van der Waals surface area contributed by atoms with E-state index < -0.39 is 29.2 Å². The van der Waals surface area contributed by atoms with Crippen molar-refractivity contribution in [2.45, 2.75) is 6.36 Å². The topological polar surface area (TPSA) is 68.4 Å². The zero-order valence-corrected chi connectivity index (χ0v) is 10.4. The number of nitrogens with one attached hydrogen (secondary N) is 1. The van der Waals surface area contributed by atoms with Crippen LogP contribution < -0.4 is 10.3 Å². The Bertz CT molecular complexity index is 497. The Kier molecular flexibility index (Phi) is 4.01. The van der Waals surface area contributed by atoms with E-state index in [4.69, 9.17) is 0 Å². The summed E-state index contributed by atoms with van der Waals surface area (Å²) in [6.45, 7) is 0. The van der Waals surface area contributed by atoms with Crippen molar-refractivity contribution in [3.63, 3.8) is 0 Å². The monoisotopic (exact) mass is 363 g/mol. The molecule has 0 fully saturated rings. The average Bonchev–Trinajstić information content (AvgIpc) is 2.19. The molecule has 1 rings (SSSR count). The van der Waals surface area contributed by atoms with E-state index in [1.807, 2.05) is 0 Å². The molecule has 9 heteroatoms. The van der Waals surface area contributed by atoms with Gasteiger partial charge in [-0.15, -0.1) is 13.2 Å². The molecule has 0 radical (unpaired) electrons. The fourth-order valence-electron chi connectivity index (χ4n) is 0.949. The number of halogens is 4. The Morgan fingerprint density at radius 2 is 2.06 bits per heavy atom. The number of methoxy groups -OCH3 is 1. The van der Waals surface area contributed by atoms with Crippen LogP contribution in [0.3, 0.4) is 0 Å². The first kappa shape index (κ1) is 13.8. The number of hydrogen-bond donors (Lipinski definition) is 1. The number of carbonyl (C=O) groups is 1. The molecular formula is C8H5F3INO4. The molecule has 0 spiro atoms. The maximum Gasteiger partial charge on any atom is 0.573 e. The first-order valence-electron chi connectivity index (χ1n) is 4.01. The van der Waals surface area contributed by atoms with E-state index in [0.29, 0.717) is 6.07 Å². The molecule has 0 aliphatic carbocycles. The molecular weight excluding hydrogens is 358 g/mol. The minimum absolute atomic E-state index is 0.169. The first-order chi connectivity index (χ1) is 7.74. The summed E-state index contributed by atoms with van der Waals surface area (Å²) in [5.41, 5.74) is -1.41. The summed E-state index contributed by atoms with van der Waals surface area (Å²) in [4.78, 5) is 24.4. The normalized spacial score (nSPS) is 11.1. The van der Waals surface area contributed by atoms with Crippen molar-refractivity contribution in [2.75, 3.05) is 7.11 Å². The molecule has 0 aliphatic rings. The van der Waals surface area contributed by atoms with Crippen molar-refractivity contribution < 1.29 is 27.4 Å². The highest BCUT2D eigenvalue weighted by Crippen LogP contribution is 2.26. The van der Waals surface area contributed by atoms with Crippen LogP contribution in [0, 0.1) is 3.70 Å². The zero-order chi connectivity index (χ0) is 13.2. The molecule has 5 nitrogen and oxygen atoms in total. The van der Waals surface area contributed by atoms with Crippen molar-refractivity contribution in [1.29, 1.82) is 0 Å². The fraction of sp³-hybridized carbons (Fsp3) is 0.250. The van der Waals surface area contributed by atoms with Crippen LogP contribution in [0.15, 0.2) is 10.9 Å². The summed E-state index contributed by atoms with van der Waals surface area (Å²) in [6, 6.07) is 0.680. The Morgan fingerprint density at radius 1 is 1.47 bits per heavy atom. The van der Waals surface area contributed by atoms with Gasteiger partial charge in [0.15, 0.2) is 5.75 Å². The van der Waals surface area contributed by atoms with Crippen LogP contribution in [0.25, 0.3) is 0 Å². The number of aromatic amines is 1. The second kappa shape index (κ2) is 4.94. The van der Waals surface area contributed by atoms with E-state index in [1.54, 1.807) is 0 Å². The third kappa shape index (κ3) is 3.61. The number of H-pyrrole nitrogens is 1. The molecule has 0 saturated heterocycles. The van der Waals surface area contributed by atoms with Gasteiger partial charge < -0.3 is 14.5 Å². The number of carbonyl (C=O) groups excluding carboxylic acids is 1. The van der Waals surface area contributed by atoms with Gasteiger partial charge in [-0.1, -0.05) is 0 Å². The van der Waals surface area contributed by atoms with Gasteiger partial charge in [-0.25, -0.2) is 4.79 Å². The van der Waals surface area contributed by atoms with E-state index in [0.717, 1.165) is 7.11 Å². The Balaban J connectivity index is 3.24. The number of hydrogen-bond acceptors (Lipinski definition) is 4. The lowest BCUT2D eigenvalue weighted by atomic mass is 10.3. The summed E-state index contributed by atoms with van der Waals surface area (Å²) in [5.74, 6) is -1.72. The molecule has 0 aliphatic heterocycles. The van der Waals surface area contributed by atoms with Crippen molar-refractivity contribution in [3.8, 4) is 5.75 Å². The molecule has 0 atom stereocenters. The van der Waals surface area contributed by atoms with Gasteiger partial charge in [0.25, 0.3) is 5.56 Å². The quantitative estimate of drug-likeness (QED) is 0.493. The SMILES string of the molecule is COC(=O)c1cc(OC(F)(F)F)c(I)[nH]c1=O. The number of pyridine rings is 1. The fourth-order valence-corrected chi connectivity index (χ4v) is 1.46. The van der Waals surface area contributed by atoms with Crippen molar-refractivity contribution in [1.82, 2.24) is 4.98 Å². The molecule has 0 bridgehead atoms. The third-order valence-corrected chi connectivity index (χ3v) is 2.39. The van der Waals surface area contributed by atoms with Gasteiger partial charge in [-0.3, -0.25) is 4.79 Å². The van der Waals surface area contributed by atoms with Crippen LogP contribution >= 0.6 is 22.6 Å². The van der Waals surface area contributed by atoms with E-state index in [9.17, 15) is 22.8 Å². The first-order valence-corrected chi connectivity index (χ1v) is 5.09. The highest BCUT2D eigenvalue weighted by Gasteiger charge is 2.32. The second-order valence-electron chi connectivity index (χ2n) is 2.73. The molecule has 0 saturated carbocycles. The maximum atomic E-state index is 12.0. The summed E-state index contributed by atoms with van der Waals surface area (Å²) in [7, 11) is 1.00. The van der Waals surface area contributed by atoms with E-state index >= 15 is 0 Å². The van der Waals surface area contributed by atoms with Gasteiger partial charge in [-0.2, -0.15) is 0 Å². The highest BCUT2D eigenvalue weighted by atomic mass is 127. The minimum atomic E-state index is -4.91. The molecule has 1 heterocycles. The second-order valence-corrected chi connectivity index (χ2v) is 3.81. The Hall–Kier alpha value is -1.26. The van der Waals surface area contributed by atoms with Gasteiger partial charge in [0.2, 0.25) is 0 Å². The minimum Gasteiger partial charge on any atom is -0.465 e. The van der Waals surface area contributed by atoms with Crippen LogP contribution in [-0.2, 0) is 4.74 Å². The lowest BCUT2D eigenvalue weighted by Gasteiger charge is -2.10. The smallest absolute Gasteiger partial charge is 0.465 e. The standard InChI is InChI=1S/C8H5F3INO4/c1-16-7(15)3-2-4(17-8(9,10)11)5(12)13-6(3)14/h2H,1H3,(H,13,14). The molecule has 0 amide bonds. The van der Waals surface area contributed by atoms with Crippen LogP contribution in [0.5, 0.6) is 5.75 Å². The molecule has 1 N–H and O–H groups in total. The van der Waals surface area contributed by atoms with Crippen molar-refractivity contribution in [2.24, 2.45) is 0 Å². The number of esters is 1. The van der Waals surface area contributed by atoms with Crippen LogP contribution in [0.1, 0.15) is 10.4 Å².